The van der Waals surface area contributed by atoms with E-state index in [9.17, 15) is 18.0 Å². The molecular weight excluding hydrogens is 379 g/mol. The highest BCUT2D eigenvalue weighted by atomic mass is 19.4. The Balaban J connectivity index is 0.000000480. The van der Waals surface area contributed by atoms with Gasteiger partial charge in [-0.1, -0.05) is 37.8 Å². The van der Waals surface area contributed by atoms with Gasteiger partial charge >= 0.3 is 18.1 Å². The standard InChI is InChI=1S/C17H25NO3.C2HF3O2/c19-17(20)8-10-18-13-15-6-3-7-16(12-15)21-11-9-14-4-1-2-5-14;3-2(4,5)1(6)7/h3,6-7,12,14,18H,1-2,4-5,8-11,13H2,(H,19,20);(H,6,7). The molecule has 0 atom stereocenters. The van der Waals surface area contributed by atoms with E-state index in [1.165, 1.54) is 25.7 Å². The predicted octanol–water partition coefficient (Wildman–Crippen LogP) is 3.84. The summed E-state index contributed by atoms with van der Waals surface area (Å²) in [6.45, 7) is 1.95. The molecule has 158 valence electrons. The first-order valence-corrected chi connectivity index (χ1v) is 9.13. The van der Waals surface area contributed by atoms with Crippen molar-refractivity contribution in [2.75, 3.05) is 13.2 Å². The van der Waals surface area contributed by atoms with Crippen LogP contribution in [-0.4, -0.2) is 41.5 Å². The van der Waals surface area contributed by atoms with Gasteiger partial charge in [-0.25, -0.2) is 4.79 Å². The number of alkyl halides is 3. The maximum absolute atomic E-state index is 10.6. The number of benzene rings is 1. The molecule has 1 aliphatic carbocycles. The van der Waals surface area contributed by atoms with Crippen LogP contribution in [-0.2, 0) is 16.1 Å². The summed E-state index contributed by atoms with van der Waals surface area (Å²) >= 11 is 0. The van der Waals surface area contributed by atoms with Crippen molar-refractivity contribution in [3.05, 3.63) is 29.8 Å². The Bertz CT molecular complexity index is 616. The molecule has 1 aliphatic rings. The highest BCUT2D eigenvalue weighted by Gasteiger charge is 2.38. The largest absolute Gasteiger partial charge is 0.494 e. The smallest absolute Gasteiger partial charge is 0.490 e. The number of nitrogens with one attached hydrogen (secondary N) is 1. The Labute approximate surface area is 161 Å². The van der Waals surface area contributed by atoms with Crippen molar-refractivity contribution in [2.24, 2.45) is 5.92 Å². The molecule has 0 radical (unpaired) electrons. The van der Waals surface area contributed by atoms with Crippen LogP contribution in [0.4, 0.5) is 13.2 Å². The average Bonchev–Trinajstić information content (AvgIpc) is 3.12. The Morgan fingerprint density at radius 1 is 1.18 bits per heavy atom. The highest BCUT2D eigenvalue weighted by Crippen LogP contribution is 2.27. The van der Waals surface area contributed by atoms with Crippen molar-refractivity contribution in [1.82, 2.24) is 5.32 Å². The van der Waals surface area contributed by atoms with Crippen LogP contribution in [0, 0.1) is 5.92 Å². The van der Waals surface area contributed by atoms with Gasteiger partial charge in [0, 0.05) is 13.1 Å². The average molecular weight is 405 g/mol. The van der Waals surface area contributed by atoms with Gasteiger partial charge in [0.2, 0.25) is 0 Å². The van der Waals surface area contributed by atoms with Crippen LogP contribution in [0.1, 0.15) is 44.1 Å². The lowest BCUT2D eigenvalue weighted by Gasteiger charge is -2.11. The van der Waals surface area contributed by atoms with Crippen molar-refractivity contribution in [3.63, 3.8) is 0 Å². The molecule has 0 amide bonds. The first-order chi connectivity index (χ1) is 13.2. The predicted molar refractivity (Wildman–Crippen MR) is 96.2 cm³/mol. The van der Waals surface area contributed by atoms with Crippen LogP contribution in [0.15, 0.2) is 24.3 Å². The second kappa shape index (κ2) is 12.2. The topological polar surface area (TPSA) is 95.9 Å². The number of ether oxygens (including phenoxy) is 1. The molecule has 2 rings (SSSR count). The maximum Gasteiger partial charge on any atom is 0.490 e. The molecule has 0 heterocycles. The molecule has 6 nitrogen and oxygen atoms in total. The zero-order valence-corrected chi connectivity index (χ0v) is 15.5. The molecule has 1 aromatic carbocycles. The molecule has 1 aromatic rings. The van der Waals surface area contributed by atoms with Gasteiger partial charge in [-0.3, -0.25) is 4.79 Å². The zero-order valence-electron chi connectivity index (χ0n) is 15.5. The molecule has 0 saturated heterocycles. The summed E-state index contributed by atoms with van der Waals surface area (Å²) in [6, 6.07) is 8.02. The molecule has 1 saturated carbocycles. The minimum Gasteiger partial charge on any atom is -0.494 e. The molecule has 0 aliphatic heterocycles. The fourth-order valence-electron chi connectivity index (χ4n) is 2.82. The number of aliphatic carboxylic acids is 2. The second-order valence-electron chi connectivity index (χ2n) is 6.56. The maximum atomic E-state index is 10.6. The minimum atomic E-state index is -5.08. The van der Waals surface area contributed by atoms with E-state index in [4.69, 9.17) is 19.7 Å². The quantitative estimate of drug-likeness (QED) is 0.540. The van der Waals surface area contributed by atoms with Crippen molar-refractivity contribution in [3.8, 4) is 5.75 Å². The van der Waals surface area contributed by atoms with Crippen LogP contribution in [0.3, 0.4) is 0 Å². The lowest BCUT2D eigenvalue weighted by Crippen LogP contribution is -2.21. The summed E-state index contributed by atoms with van der Waals surface area (Å²) in [5, 5.41) is 18.8. The lowest BCUT2D eigenvalue weighted by atomic mass is 10.1. The van der Waals surface area contributed by atoms with Crippen LogP contribution < -0.4 is 10.1 Å². The summed E-state index contributed by atoms with van der Waals surface area (Å²) in [4.78, 5) is 19.3. The number of carboxylic acids is 2. The van der Waals surface area contributed by atoms with E-state index < -0.39 is 18.1 Å². The fourth-order valence-corrected chi connectivity index (χ4v) is 2.82. The van der Waals surface area contributed by atoms with Crippen molar-refractivity contribution < 1.29 is 37.7 Å². The summed E-state index contributed by atoms with van der Waals surface area (Å²) in [5.74, 6) is -1.77. The summed E-state index contributed by atoms with van der Waals surface area (Å²) < 4.78 is 37.6. The number of halogens is 3. The van der Waals surface area contributed by atoms with E-state index in [0.29, 0.717) is 13.1 Å². The highest BCUT2D eigenvalue weighted by molar-refractivity contribution is 5.73. The monoisotopic (exact) mass is 405 g/mol. The molecule has 28 heavy (non-hydrogen) atoms. The fraction of sp³-hybridized carbons (Fsp3) is 0.579. The molecule has 0 aromatic heterocycles. The molecule has 3 N–H and O–H groups in total. The van der Waals surface area contributed by atoms with E-state index in [1.807, 2.05) is 24.3 Å². The van der Waals surface area contributed by atoms with Gasteiger partial charge in [0.15, 0.2) is 0 Å². The number of hydrogen-bond donors (Lipinski definition) is 3. The Morgan fingerprint density at radius 3 is 2.39 bits per heavy atom. The van der Waals surface area contributed by atoms with Crippen LogP contribution in [0.2, 0.25) is 0 Å². The van der Waals surface area contributed by atoms with Crippen LogP contribution in [0.25, 0.3) is 0 Å². The Hall–Kier alpha value is -2.29. The summed E-state index contributed by atoms with van der Waals surface area (Å²) in [5.41, 5.74) is 1.12. The van der Waals surface area contributed by atoms with E-state index in [1.54, 1.807) is 0 Å². The molecule has 0 bridgehead atoms. The van der Waals surface area contributed by atoms with Gasteiger partial charge in [-0.15, -0.1) is 0 Å². The van der Waals surface area contributed by atoms with Crippen molar-refractivity contribution in [2.45, 2.75) is 51.2 Å². The third-order valence-corrected chi connectivity index (χ3v) is 4.26. The molecular formula is C19H26F3NO5. The third kappa shape index (κ3) is 10.8. The number of carboxylic acid groups (broad SMARTS) is 2. The van der Waals surface area contributed by atoms with E-state index in [0.717, 1.165) is 30.3 Å². The normalized spacial score (nSPS) is 14.2. The van der Waals surface area contributed by atoms with Gasteiger partial charge < -0.3 is 20.3 Å². The third-order valence-electron chi connectivity index (χ3n) is 4.26. The summed E-state index contributed by atoms with van der Waals surface area (Å²) in [6.07, 6.45) is 1.69. The van der Waals surface area contributed by atoms with Crippen LogP contribution in [0.5, 0.6) is 5.75 Å². The van der Waals surface area contributed by atoms with Gasteiger partial charge in [-0.05, 0) is 30.0 Å². The van der Waals surface area contributed by atoms with Gasteiger partial charge in [0.25, 0.3) is 0 Å². The first kappa shape index (κ1) is 23.7. The summed E-state index contributed by atoms with van der Waals surface area (Å²) in [7, 11) is 0. The van der Waals surface area contributed by atoms with Crippen LogP contribution >= 0.6 is 0 Å². The molecule has 0 spiro atoms. The Morgan fingerprint density at radius 2 is 1.82 bits per heavy atom. The molecule has 9 heteroatoms. The minimum absolute atomic E-state index is 0.150. The van der Waals surface area contributed by atoms with Gasteiger partial charge in [0.1, 0.15) is 5.75 Å². The SMILES string of the molecule is O=C(O)C(F)(F)F.O=C(O)CCNCc1cccc(OCCC2CCCC2)c1. The molecule has 0 unspecified atom stereocenters. The molecule has 1 fully saturated rings. The zero-order chi connectivity index (χ0) is 21.0. The Kier molecular flexibility index (Phi) is 10.4. The lowest BCUT2D eigenvalue weighted by molar-refractivity contribution is -0.192. The van der Waals surface area contributed by atoms with Gasteiger partial charge in [-0.2, -0.15) is 13.2 Å². The van der Waals surface area contributed by atoms with Crippen molar-refractivity contribution >= 4 is 11.9 Å². The number of carbonyl (C=O) groups is 2. The second-order valence-corrected chi connectivity index (χ2v) is 6.56. The van der Waals surface area contributed by atoms with E-state index in [2.05, 4.69) is 5.32 Å². The van der Waals surface area contributed by atoms with E-state index in [-0.39, 0.29) is 6.42 Å². The first-order valence-electron chi connectivity index (χ1n) is 9.13. The van der Waals surface area contributed by atoms with Gasteiger partial charge in [0.05, 0.1) is 13.0 Å². The number of hydrogen-bond acceptors (Lipinski definition) is 4. The number of rotatable bonds is 9. The van der Waals surface area contributed by atoms with Crippen molar-refractivity contribution in [1.29, 1.82) is 0 Å². The van der Waals surface area contributed by atoms with E-state index >= 15 is 0 Å².